The Hall–Kier alpha value is -3.47. The molecule has 0 bridgehead atoms. The van der Waals surface area contributed by atoms with Crippen LogP contribution in [0.3, 0.4) is 0 Å². The van der Waals surface area contributed by atoms with Gasteiger partial charge in [0.2, 0.25) is 6.79 Å². The van der Waals surface area contributed by atoms with Crippen LogP contribution in [0, 0.1) is 10.1 Å². The van der Waals surface area contributed by atoms with Gasteiger partial charge in [0.15, 0.2) is 11.5 Å². The summed E-state index contributed by atoms with van der Waals surface area (Å²) in [6.45, 7) is 1.61. The zero-order valence-electron chi connectivity index (χ0n) is 17.4. The fraction of sp³-hybridized carbons (Fsp3) is 0.471. The van der Waals surface area contributed by atoms with Crippen LogP contribution in [0.25, 0.3) is 0 Å². The molecule has 0 spiro atoms. The van der Waals surface area contributed by atoms with Gasteiger partial charge in [0.1, 0.15) is 12.6 Å². The first-order valence-electron chi connectivity index (χ1n) is 9.12. The molecule has 2 rings (SSSR count). The normalized spacial score (nSPS) is 13.7. The van der Waals surface area contributed by atoms with Crippen LogP contribution in [0.15, 0.2) is 12.1 Å². The first kappa shape index (κ1) is 28.6. The van der Waals surface area contributed by atoms with Gasteiger partial charge >= 0.3 is 24.2 Å². The van der Waals surface area contributed by atoms with E-state index in [4.69, 9.17) is 35.0 Å². The number of hydrogen-bond acceptors (Lipinski definition) is 10. The van der Waals surface area contributed by atoms with Gasteiger partial charge in [0.05, 0.1) is 11.0 Å². The molecule has 1 amide bonds. The summed E-state index contributed by atoms with van der Waals surface area (Å²) in [7, 11) is 0. The van der Waals surface area contributed by atoms with E-state index in [1.54, 1.807) is 13.0 Å². The van der Waals surface area contributed by atoms with E-state index < -0.39 is 35.2 Å². The number of alkyl halides is 3. The number of ether oxygens (including phenoxy) is 3. The summed E-state index contributed by atoms with van der Waals surface area (Å²) in [6, 6.07) is 1.71. The van der Waals surface area contributed by atoms with E-state index in [2.05, 4.69) is 5.32 Å². The Labute approximate surface area is 193 Å². The van der Waals surface area contributed by atoms with Gasteiger partial charge in [0, 0.05) is 23.1 Å². The van der Waals surface area contributed by atoms with Crippen molar-refractivity contribution in [3.05, 3.63) is 27.8 Å². The van der Waals surface area contributed by atoms with Gasteiger partial charge in [0.25, 0.3) is 5.69 Å². The molecular formula is C17H20F3N3O10S. The van der Waals surface area contributed by atoms with Crippen molar-refractivity contribution in [3.8, 4) is 11.5 Å². The fourth-order valence-electron chi connectivity index (χ4n) is 2.21. The number of rotatable bonds is 9. The summed E-state index contributed by atoms with van der Waals surface area (Å²) in [6.07, 6.45) is -5.87. The third-order valence-electron chi connectivity index (χ3n) is 3.87. The summed E-state index contributed by atoms with van der Waals surface area (Å²) in [5.74, 6) is -2.82. The molecule has 13 nitrogen and oxygen atoms in total. The highest BCUT2D eigenvalue weighted by Crippen LogP contribution is 2.43. The Morgan fingerprint density at radius 3 is 2.35 bits per heavy atom. The fourth-order valence-corrected chi connectivity index (χ4v) is 3.11. The maximum atomic E-state index is 11.4. The maximum Gasteiger partial charge on any atom is 0.490 e. The Kier molecular flexibility index (Phi) is 10.7. The third-order valence-corrected chi connectivity index (χ3v) is 5.02. The number of alkyl carbamates (subject to hydrolysis) is 1. The Balaban J connectivity index is 0.000000718. The average Bonchev–Trinajstić information content (AvgIpc) is 3.21. The molecular weight excluding hydrogens is 495 g/mol. The van der Waals surface area contributed by atoms with Crippen molar-refractivity contribution < 1.29 is 56.9 Å². The van der Waals surface area contributed by atoms with Crippen LogP contribution in [0.5, 0.6) is 11.5 Å². The zero-order chi connectivity index (χ0) is 26.1. The molecule has 0 saturated carbocycles. The lowest BCUT2D eigenvalue weighted by Crippen LogP contribution is -2.42. The van der Waals surface area contributed by atoms with Gasteiger partial charge in [-0.15, -0.1) is 0 Å². The lowest BCUT2D eigenvalue weighted by atomic mass is 10.1. The molecule has 0 saturated heterocycles. The summed E-state index contributed by atoms with van der Waals surface area (Å²) in [5.41, 5.74) is 5.66. The quantitative estimate of drug-likeness (QED) is 0.212. The smallest absolute Gasteiger partial charge is 0.480 e. The summed E-state index contributed by atoms with van der Waals surface area (Å²) >= 11 is 1.35. The molecule has 0 aliphatic carbocycles. The van der Waals surface area contributed by atoms with Gasteiger partial charge in [-0.3, -0.25) is 14.9 Å². The van der Waals surface area contributed by atoms with Crippen LogP contribution in [0.1, 0.15) is 17.7 Å². The molecule has 190 valence electrons. The predicted molar refractivity (Wildman–Crippen MR) is 109 cm³/mol. The second kappa shape index (κ2) is 12.7. The minimum Gasteiger partial charge on any atom is -0.480 e. The number of nitro groups is 1. The third kappa shape index (κ3) is 9.18. The van der Waals surface area contributed by atoms with Crippen molar-refractivity contribution in [1.82, 2.24) is 5.32 Å². The number of halogens is 3. The second-order valence-corrected chi connectivity index (χ2v) is 7.75. The van der Waals surface area contributed by atoms with Crippen LogP contribution >= 0.6 is 11.8 Å². The number of amides is 1. The number of fused-ring (bicyclic) bond motifs is 1. The van der Waals surface area contributed by atoms with Gasteiger partial charge in [-0.25, -0.2) is 9.59 Å². The van der Waals surface area contributed by atoms with Gasteiger partial charge in [-0.1, -0.05) is 0 Å². The van der Waals surface area contributed by atoms with Crippen LogP contribution in [0.4, 0.5) is 23.7 Å². The number of benzene rings is 1. The Morgan fingerprint density at radius 2 is 1.85 bits per heavy atom. The summed E-state index contributed by atoms with van der Waals surface area (Å²) in [4.78, 5) is 41.7. The van der Waals surface area contributed by atoms with E-state index in [0.29, 0.717) is 22.8 Å². The van der Waals surface area contributed by atoms with Crippen molar-refractivity contribution in [2.24, 2.45) is 5.73 Å². The lowest BCUT2D eigenvalue weighted by Gasteiger charge is -2.13. The molecule has 2 atom stereocenters. The lowest BCUT2D eigenvalue weighted by molar-refractivity contribution is -0.385. The topological polar surface area (TPSA) is 201 Å². The minimum atomic E-state index is -5.08. The van der Waals surface area contributed by atoms with Crippen LogP contribution in [-0.4, -0.2) is 71.1 Å². The second-order valence-electron chi connectivity index (χ2n) is 6.30. The van der Waals surface area contributed by atoms with Crippen LogP contribution < -0.4 is 20.5 Å². The van der Waals surface area contributed by atoms with Crippen molar-refractivity contribution in [2.45, 2.75) is 24.4 Å². The van der Waals surface area contributed by atoms with E-state index in [0.717, 1.165) is 0 Å². The van der Waals surface area contributed by atoms with Gasteiger partial charge in [-0.05, 0) is 13.0 Å². The van der Waals surface area contributed by atoms with Crippen LogP contribution in [-0.2, 0) is 14.3 Å². The van der Waals surface area contributed by atoms with Crippen molar-refractivity contribution >= 4 is 35.5 Å². The number of nitrogens with one attached hydrogen (secondary N) is 1. The largest absolute Gasteiger partial charge is 0.490 e. The number of nitrogens with zero attached hydrogens (tertiary/aromatic N) is 1. The highest BCUT2D eigenvalue weighted by molar-refractivity contribution is 7.99. The number of carbonyl (C=O) groups excluding carboxylic acids is 1. The molecule has 1 aliphatic rings. The maximum absolute atomic E-state index is 11.4. The van der Waals surface area contributed by atoms with Gasteiger partial charge in [-0.2, -0.15) is 24.9 Å². The number of thioether (sulfide) groups is 1. The Morgan fingerprint density at radius 1 is 1.29 bits per heavy atom. The van der Waals surface area contributed by atoms with Crippen molar-refractivity contribution in [1.29, 1.82) is 0 Å². The molecule has 2 unspecified atom stereocenters. The molecule has 0 radical (unpaired) electrons. The number of carboxylic acids is 2. The van der Waals surface area contributed by atoms with Crippen molar-refractivity contribution in [2.75, 3.05) is 25.7 Å². The number of nitrogens with two attached hydrogens (primary N) is 1. The average molecular weight is 515 g/mol. The first-order valence-corrected chi connectivity index (χ1v) is 10.2. The molecule has 1 aromatic rings. The van der Waals surface area contributed by atoms with Crippen molar-refractivity contribution in [3.63, 3.8) is 0 Å². The van der Waals surface area contributed by atoms with Crippen LogP contribution in [0.2, 0.25) is 0 Å². The predicted octanol–water partition coefficient (Wildman–Crippen LogP) is 1.89. The van der Waals surface area contributed by atoms with E-state index in [1.165, 1.54) is 17.8 Å². The standard InChI is InChI=1S/C15H19N3O8S.C2HF3O2/c1-8(27-3-2-24-15(21)17-6-10(16)14(19)20)9-4-12-13(26-7-25-12)5-11(9)18(22)23;3-2(4,5)1(6)7/h4-5,8,10H,2-3,6-7,16H2,1H3,(H,17,21)(H,19,20);(H,6,7). The van der Waals surface area contributed by atoms with E-state index in [1.807, 2.05) is 0 Å². The molecule has 1 aromatic carbocycles. The molecule has 1 aliphatic heterocycles. The van der Waals surface area contributed by atoms with E-state index >= 15 is 0 Å². The highest BCUT2D eigenvalue weighted by Gasteiger charge is 2.38. The molecule has 0 fully saturated rings. The molecule has 17 heteroatoms. The first-order chi connectivity index (χ1) is 15.7. The monoisotopic (exact) mass is 515 g/mol. The van der Waals surface area contributed by atoms with E-state index in [9.17, 15) is 32.9 Å². The number of carbonyl (C=O) groups is 3. The SMILES string of the molecule is CC(SCCOC(=O)NCC(N)C(=O)O)c1cc2c(cc1[N+](=O)[O-])OCO2.O=C(O)C(F)(F)F. The number of aliphatic carboxylic acids is 2. The number of hydrogen-bond donors (Lipinski definition) is 4. The van der Waals surface area contributed by atoms with Gasteiger partial charge < -0.3 is 35.5 Å². The molecule has 1 heterocycles. The summed E-state index contributed by atoms with van der Waals surface area (Å²) < 4.78 is 47.1. The molecule has 5 N–H and O–H groups in total. The zero-order valence-corrected chi connectivity index (χ0v) is 18.2. The minimum absolute atomic E-state index is 0.0198. The molecule has 0 aromatic heterocycles. The summed E-state index contributed by atoms with van der Waals surface area (Å²) in [5, 5.41) is 29.0. The number of carboxylic acid groups (broad SMARTS) is 2. The highest BCUT2D eigenvalue weighted by atomic mass is 32.2. The molecule has 34 heavy (non-hydrogen) atoms. The number of nitro benzene ring substituents is 1. The Bertz CT molecular complexity index is 916. The van der Waals surface area contributed by atoms with E-state index in [-0.39, 0.29) is 30.9 Å².